The van der Waals surface area contributed by atoms with E-state index in [4.69, 9.17) is 9.47 Å². The summed E-state index contributed by atoms with van der Waals surface area (Å²) in [5.41, 5.74) is 1.18. The number of morpholine rings is 1. The second-order valence-electron chi connectivity index (χ2n) is 5.77. The fourth-order valence-corrected chi connectivity index (χ4v) is 2.47. The third kappa shape index (κ3) is 6.45. The Kier molecular flexibility index (Phi) is 7.19. The third-order valence-corrected chi connectivity index (χ3v) is 3.87. The van der Waals surface area contributed by atoms with E-state index >= 15 is 0 Å². The number of nitrogens with one attached hydrogen (secondary N) is 2. The van der Waals surface area contributed by atoms with Gasteiger partial charge in [0.25, 0.3) is 5.91 Å². The van der Waals surface area contributed by atoms with Gasteiger partial charge in [-0.05, 0) is 31.9 Å². The van der Waals surface area contributed by atoms with Crippen LogP contribution >= 0.6 is 0 Å². The van der Waals surface area contributed by atoms with Gasteiger partial charge >= 0.3 is 0 Å². The van der Waals surface area contributed by atoms with E-state index < -0.39 is 0 Å². The summed E-state index contributed by atoms with van der Waals surface area (Å²) in [6, 6.07) is 7.71. The van der Waals surface area contributed by atoms with Crippen molar-refractivity contribution in [3.05, 3.63) is 29.8 Å². The SMILES string of the molecule is Cc1ccc(OCC(=O)NCCCC[NH+]2CCOCC2)cc1. The lowest BCUT2D eigenvalue weighted by Crippen LogP contribution is -3.14. The van der Waals surface area contributed by atoms with Gasteiger partial charge in [0.05, 0.1) is 19.8 Å². The maximum Gasteiger partial charge on any atom is 0.257 e. The fourth-order valence-electron chi connectivity index (χ4n) is 2.47. The first-order chi connectivity index (χ1) is 10.7. The standard InChI is InChI=1S/C17H26N2O3/c1-15-4-6-16(7-5-15)22-14-17(20)18-8-2-3-9-19-10-12-21-13-11-19/h4-7H,2-3,8-14H2,1H3,(H,18,20)/p+1. The van der Waals surface area contributed by atoms with Crippen molar-refractivity contribution < 1.29 is 19.2 Å². The molecule has 122 valence electrons. The molecule has 1 fully saturated rings. The van der Waals surface area contributed by atoms with Crippen molar-refractivity contribution >= 4 is 5.91 Å². The minimum absolute atomic E-state index is 0.0562. The van der Waals surface area contributed by atoms with Gasteiger partial charge in [-0.3, -0.25) is 4.79 Å². The van der Waals surface area contributed by atoms with Crippen LogP contribution in [0.1, 0.15) is 18.4 Å². The Bertz CT molecular complexity index is 442. The molecule has 0 aromatic heterocycles. The molecule has 0 unspecified atom stereocenters. The molecular formula is C17H27N2O3+. The Hall–Kier alpha value is -1.59. The number of aryl methyl sites for hydroxylation is 1. The van der Waals surface area contributed by atoms with E-state index in [-0.39, 0.29) is 12.5 Å². The van der Waals surface area contributed by atoms with E-state index in [0.717, 1.165) is 51.4 Å². The van der Waals surface area contributed by atoms with Crippen molar-refractivity contribution in [2.75, 3.05) is 46.0 Å². The molecule has 22 heavy (non-hydrogen) atoms. The average molecular weight is 307 g/mol. The lowest BCUT2D eigenvalue weighted by atomic mass is 10.2. The molecule has 0 spiro atoms. The molecule has 2 rings (SSSR count). The summed E-state index contributed by atoms with van der Waals surface area (Å²) in [6.45, 7) is 7.96. The van der Waals surface area contributed by atoms with Gasteiger partial charge in [0, 0.05) is 6.54 Å². The third-order valence-electron chi connectivity index (χ3n) is 3.87. The van der Waals surface area contributed by atoms with E-state index in [1.54, 1.807) is 4.90 Å². The molecule has 2 N–H and O–H groups in total. The molecule has 1 amide bonds. The number of unbranched alkanes of at least 4 members (excludes halogenated alkanes) is 1. The Labute approximate surface area is 132 Å². The molecule has 5 heteroatoms. The highest BCUT2D eigenvalue weighted by Gasteiger charge is 2.12. The zero-order chi connectivity index (χ0) is 15.6. The molecule has 0 saturated carbocycles. The summed E-state index contributed by atoms with van der Waals surface area (Å²) in [6.07, 6.45) is 2.15. The van der Waals surface area contributed by atoms with Crippen molar-refractivity contribution in [1.82, 2.24) is 5.32 Å². The smallest absolute Gasteiger partial charge is 0.257 e. The van der Waals surface area contributed by atoms with Gasteiger partial charge in [-0.2, -0.15) is 0 Å². The summed E-state index contributed by atoms with van der Waals surface area (Å²) in [5.74, 6) is 0.677. The molecule has 1 aromatic carbocycles. The van der Waals surface area contributed by atoms with Crippen molar-refractivity contribution in [3.63, 3.8) is 0 Å². The molecule has 1 heterocycles. The van der Waals surface area contributed by atoms with Crippen LogP contribution in [0.15, 0.2) is 24.3 Å². The molecular weight excluding hydrogens is 280 g/mol. The highest BCUT2D eigenvalue weighted by molar-refractivity contribution is 5.77. The number of amides is 1. The van der Waals surface area contributed by atoms with Gasteiger partial charge in [0.15, 0.2) is 6.61 Å². The second-order valence-corrected chi connectivity index (χ2v) is 5.77. The average Bonchev–Trinajstić information content (AvgIpc) is 2.55. The molecule has 0 aliphatic carbocycles. The summed E-state index contributed by atoms with van der Waals surface area (Å²) in [5, 5.41) is 2.90. The lowest BCUT2D eigenvalue weighted by Gasteiger charge is -2.23. The van der Waals surface area contributed by atoms with Gasteiger partial charge in [-0.15, -0.1) is 0 Å². The van der Waals surface area contributed by atoms with Gasteiger partial charge in [-0.1, -0.05) is 17.7 Å². The number of quaternary nitrogens is 1. The fraction of sp³-hybridized carbons (Fsp3) is 0.588. The Morgan fingerprint density at radius 1 is 1.23 bits per heavy atom. The van der Waals surface area contributed by atoms with Crippen LogP contribution in [0.5, 0.6) is 5.75 Å². The largest absolute Gasteiger partial charge is 0.484 e. The highest BCUT2D eigenvalue weighted by Crippen LogP contribution is 2.10. The number of hydrogen-bond donors (Lipinski definition) is 2. The van der Waals surface area contributed by atoms with E-state index in [2.05, 4.69) is 5.32 Å². The highest BCUT2D eigenvalue weighted by atomic mass is 16.5. The predicted octanol–water partition coefficient (Wildman–Crippen LogP) is 0.185. The van der Waals surface area contributed by atoms with E-state index in [1.165, 1.54) is 12.1 Å². The van der Waals surface area contributed by atoms with E-state index in [0.29, 0.717) is 0 Å². The van der Waals surface area contributed by atoms with E-state index in [9.17, 15) is 4.79 Å². The van der Waals surface area contributed by atoms with Crippen LogP contribution in [0, 0.1) is 6.92 Å². The molecule has 1 saturated heterocycles. The first kappa shape index (κ1) is 16.8. The lowest BCUT2D eigenvalue weighted by molar-refractivity contribution is -0.908. The number of carbonyl (C=O) groups excluding carboxylic acids is 1. The minimum atomic E-state index is -0.0562. The van der Waals surface area contributed by atoms with Gasteiger partial charge in [0.2, 0.25) is 0 Å². The molecule has 1 aromatic rings. The van der Waals surface area contributed by atoms with Crippen LogP contribution in [0.4, 0.5) is 0 Å². The topological polar surface area (TPSA) is 52.0 Å². The maximum atomic E-state index is 11.7. The zero-order valence-electron chi connectivity index (χ0n) is 13.4. The summed E-state index contributed by atoms with van der Waals surface area (Å²) >= 11 is 0. The van der Waals surface area contributed by atoms with Gasteiger partial charge in [-0.25, -0.2) is 0 Å². The first-order valence-corrected chi connectivity index (χ1v) is 8.11. The van der Waals surface area contributed by atoms with Crippen LogP contribution in [0.2, 0.25) is 0 Å². The maximum absolute atomic E-state index is 11.7. The van der Waals surface area contributed by atoms with Crippen molar-refractivity contribution in [2.24, 2.45) is 0 Å². The van der Waals surface area contributed by atoms with Crippen LogP contribution < -0.4 is 15.0 Å². The number of carbonyl (C=O) groups is 1. The van der Waals surface area contributed by atoms with Crippen LogP contribution in [0.3, 0.4) is 0 Å². The number of ether oxygens (including phenoxy) is 2. The first-order valence-electron chi connectivity index (χ1n) is 8.11. The van der Waals surface area contributed by atoms with Crippen LogP contribution in [-0.2, 0) is 9.53 Å². The van der Waals surface area contributed by atoms with Crippen LogP contribution in [0.25, 0.3) is 0 Å². The molecule has 1 aliphatic heterocycles. The summed E-state index contributed by atoms with van der Waals surface area (Å²) < 4.78 is 10.8. The van der Waals surface area contributed by atoms with Crippen LogP contribution in [-0.4, -0.2) is 51.9 Å². The second kappa shape index (κ2) is 9.43. The van der Waals surface area contributed by atoms with Crippen molar-refractivity contribution in [3.8, 4) is 5.75 Å². The zero-order valence-corrected chi connectivity index (χ0v) is 13.4. The number of benzene rings is 1. The molecule has 0 radical (unpaired) electrons. The normalized spacial score (nSPS) is 15.5. The Balaban J connectivity index is 1.49. The molecule has 0 bridgehead atoms. The van der Waals surface area contributed by atoms with Gasteiger partial charge < -0.3 is 19.7 Å². The molecule has 0 atom stereocenters. The number of hydrogen-bond acceptors (Lipinski definition) is 3. The summed E-state index contributed by atoms with van der Waals surface area (Å²) in [4.78, 5) is 13.3. The Morgan fingerprint density at radius 2 is 1.95 bits per heavy atom. The van der Waals surface area contributed by atoms with Crippen molar-refractivity contribution in [2.45, 2.75) is 19.8 Å². The Morgan fingerprint density at radius 3 is 2.68 bits per heavy atom. The minimum Gasteiger partial charge on any atom is -0.484 e. The molecule has 1 aliphatic rings. The predicted molar refractivity (Wildman–Crippen MR) is 85.3 cm³/mol. The number of rotatable bonds is 8. The van der Waals surface area contributed by atoms with Crippen molar-refractivity contribution in [1.29, 1.82) is 0 Å². The quantitative estimate of drug-likeness (QED) is 0.674. The van der Waals surface area contributed by atoms with E-state index in [1.807, 2.05) is 31.2 Å². The van der Waals surface area contributed by atoms with Gasteiger partial charge in [0.1, 0.15) is 18.8 Å². The molecule has 5 nitrogen and oxygen atoms in total. The summed E-state index contributed by atoms with van der Waals surface area (Å²) in [7, 11) is 0. The monoisotopic (exact) mass is 307 g/mol.